The Bertz CT molecular complexity index is 3470. The lowest BCUT2D eigenvalue weighted by Crippen LogP contribution is -2.36. The summed E-state index contributed by atoms with van der Waals surface area (Å²) in [6.45, 7) is 6.53. The highest BCUT2D eigenvalue weighted by atomic mass is 15.2. The van der Waals surface area contributed by atoms with Crippen LogP contribution in [0.1, 0.15) is 50.1 Å². The smallest absolute Gasteiger partial charge is 0.0754 e. The maximum Gasteiger partial charge on any atom is 0.0754 e. The van der Waals surface area contributed by atoms with Crippen LogP contribution in [0.4, 0.5) is 17.1 Å². The molecule has 9 aromatic carbocycles. The fourth-order valence-corrected chi connectivity index (χ4v) is 10.7. The zero-order valence-corrected chi connectivity index (χ0v) is 38.6. The van der Waals surface area contributed by atoms with Gasteiger partial charge in [-0.1, -0.05) is 218 Å². The normalized spacial score (nSPS) is 14.7. The molecule has 3 heteroatoms. The Kier molecular flexibility index (Phi) is 11.2. The van der Waals surface area contributed by atoms with E-state index in [2.05, 4.69) is 213 Å². The van der Waals surface area contributed by atoms with Gasteiger partial charge < -0.3 is 16.0 Å². The van der Waals surface area contributed by atoms with Crippen LogP contribution < -0.4 is 10.6 Å². The molecule has 3 N–H and O–H groups in total. The van der Waals surface area contributed by atoms with E-state index in [1.807, 2.05) is 54.6 Å². The number of allylic oxidation sites excluding steroid dienone is 6. The highest BCUT2D eigenvalue weighted by molar-refractivity contribution is 6.16. The van der Waals surface area contributed by atoms with Gasteiger partial charge in [-0.15, -0.1) is 0 Å². The molecule has 2 aliphatic carbocycles. The quantitative estimate of drug-likeness (QED) is 0.169. The van der Waals surface area contributed by atoms with Crippen LogP contribution in [-0.2, 0) is 11.8 Å². The van der Waals surface area contributed by atoms with Crippen LogP contribution in [0.5, 0.6) is 0 Å². The van der Waals surface area contributed by atoms with E-state index in [4.69, 9.17) is 5.73 Å². The van der Waals surface area contributed by atoms with Gasteiger partial charge in [-0.3, -0.25) is 0 Å². The minimum Gasteiger partial charge on any atom is -0.398 e. The van der Waals surface area contributed by atoms with E-state index in [1.54, 1.807) is 0 Å². The van der Waals surface area contributed by atoms with Crippen molar-refractivity contribution in [3.8, 4) is 33.4 Å². The first-order valence-corrected chi connectivity index (χ1v) is 23.6. The lowest BCUT2D eigenvalue weighted by Gasteiger charge is -2.45. The van der Waals surface area contributed by atoms with E-state index in [-0.39, 0.29) is 0 Å². The van der Waals surface area contributed by atoms with Crippen LogP contribution in [-0.4, -0.2) is 5.71 Å². The highest BCUT2D eigenvalue weighted by Gasteiger charge is 2.52. The van der Waals surface area contributed by atoms with Gasteiger partial charge in [-0.2, -0.15) is 0 Å². The number of para-hydroxylation sites is 3. The topological polar surface area (TPSA) is 53.1 Å². The van der Waals surface area contributed by atoms with Crippen molar-refractivity contribution in [2.24, 2.45) is 5.73 Å². The summed E-state index contributed by atoms with van der Waals surface area (Å²) in [6, 6.07) is 77.6. The zero-order valence-electron chi connectivity index (χ0n) is 38.6. The van der Waals surface area contributed by atoms with Gasteiger partial charge in [0.1, 0.15) is 0 Å². The molecule has 69 heavy (non-hydrogen) atoms. The number of hydrogen-bond acceptors (Lipinski definition) is 3. The molecule has 0 fully saturated rings. The first-order valence-electron chi connectivity index (χ1n) is 23.6. The maximum atomic E-state index is 9.75. The number of benzene rings is 9. The average molecular weight is 886 g/mol. The molecule has 1 aliphatic heterocycles. The van der Waals surface area contributed by atoms with Crippen molar-refractivity contribution in [1.82, 2.24) is 0 Å². The largest absolute Gasteiger partial charge is 0.398 e. The third-order valence-corrected chi connectivity index (χ3v) is 13.8. The van der Waals surface area contributed by atoms with Gasteiger partial charge in [0, 0.05) is 16.9 Å². The second-order valence-electron chi connectivity index (χ2n) is 17.9. The van der Waals surface area contributed by atoms with Gasteiger partial charge in [-0.25, -0.2) is 0 Å². The van der Waals surface area contributed by atoms with Gasteiger partial charge in [-0.05, 0) is 134 Å². The van der Waals surface area contributed by atoms with E-state index in [0.717, 1.165) is 73.6 Å². The van der Waals surface area contributed by atoms with Gasteiger partial charge in [0.2, 0.25) is 0 Å². The predicted molar refractivity (Wildman–Crippen MR) is 290 cm³/mol. The molecule has 3 aliphatic rings. The second kappa shape index (κ2) is 18.1. The molecule has 0 unspecified atom stereocenters. The molecule has 0 atom stereocenters. The fraction of sp³-hybridized carbons (Fsp3) is 0.0455. The number of aryl methyl sites for hydroxylation is 1. The van der Waals surface area contributed by atoms with Gasteiger partial charge in [0.05, 0.1) is 22.5 Å². The Morgan fingerprint density at radius 1 is 0.551 bits per heavy atom. The van der Waals surface area contributed by atoms with Crippen molar-refractivity contribution in [3.63, 3.8) is 0 Å². The number of anilines is 3. The fourth-order valence-electron chi connectivity index (χ4n) is 10.7. The van der Waals surface area contributed by atoms with Gasteiger partial charge >= 0.3 is 0 Å². The minimum absolute atomic E-state index is 0.368. The van der Waals surface area contributed by atoms with Crippen molar-refractivity contribution in [1.29, 1.82) is 5.41 Å². The van der Waals surface area contributed by atoms with Crippen molar-refractivity contribution in [2.45, 2.75) is 18.8 Å². The number of hydrogen-bond donors (Lipinski definition) is 2. The Morgan fingerprint density at radius 2 is 1.13 bits per heavy atom. The summed E-state index contributed by atoms with van der Waals surface area (Å²) in [4.78, 5) is 2.40. The number of nitrogens with zero attached hydrogens (tertiary/aromatic N) is 1. The number of nitrogens with one attached hydrogen (secondary N) is 1. The van der Waals surface area contributed by atoms with Crippen molar-refractivity contribution in [3.05, 3.63) is 305 Å². The lowest BCUT2D eigenvalue weighted by molar-refractivity contribution is 0.752. The molecule has 1 spiro atoms. The SMILES string of the molecule is C=C1/C=C\C=C/Cc2ccc(-c3ccc4c(c3)-c3c(C(=N)/C=C(\N)c5ccccc5)cccc3C43c4ccccc4N(c4ccccc4)c4ccccc43)cc2-c2ccccc21.Cc1ccccc1. The van der Waals surface area contributed by atoms with E-state index < -0.39 is 5.41 Å². The van der Waals surface area contributed by atoms with Crippen LogP contribution in [0.25, 0.3) is 44.7 Å². The molecule has 12 rings (SSSR count). The zero-order chi connectivity index (χ0) is 46.9. The van der Waals surface area contributed by atoms with Crippen molar-refractivity contribution in [2.75, 3.05) is 4.90 Å². The summed E-state index contributed by atoms with van der Waals surface area (Å²) in [6.07, 6.45) is 11.1. The summed E-state index contributed by atoms with van der Waals surface area (Å²) >= 11 is 0. The predicted octanol–water partition coefficient (Wildman–Crippen LogP) is 16.2. The molecule has 0 aromatic heterocycles. The van der Waals surface area contributed by atoms with Crippen LogP contribution >= 0.6 is 0 Å². The molecule has 9 aromatic rings. The Balaban J connectivity index is 0.000000685. The number of nitrogens with two attached hydrogens (primary N) is 1. The Hall–Kier alpha value is -8.79. The Morgan fingerprint density at radius 3 is 1.81 bits per heavy atom. The lowest BCUT2D eigenvalue weighted by atomic mass is 9.64. The van der Waals surface area contributed by atoms with Gasteiger partial charge in [0.25, 0.3) is 0 Å². The van der Waals surface area contributed by atoms with Crippen LogP contribution in [0, 0.1) is 12.3 Å². The molecular formula is C66H51N3. The number of fused-ring (bicyclic) bond motifs is 12. The van der Waals surface area contributed by atoms with E-state index in [1.165, 1.54) is 38.9 Å². The molecular weight excluding hydrogens is 835 g/mol. The Labute approximate surface area is 405 Å². The monoisotopic (exact) mass is 885 g/mol. The first-order chi connectivity index (χ1) is 33.9. The molecule has 0 radical (unpaired) electrons. The van der Waals surface area contributed by atoms with Crippen molar-refractivity contribution >= 4 is 34.0 Å². The standard InChI is InChI=1S/C59H43N3.C7H8/c1-39-18-5-2-6-19-40-32-33-42(36-48(40)46-25-12-11-24-45(39)46)43-34-35-50-49(37-43)58-47(55(61)38-54(60)41-20-7-3-8-21-41)26-17-29-53(58)59(50)51-27-13-15-30-56(51)62(44-22-9-4-10-23-44)57-31-16-14-28-52(57)59;1-7-5-3-2-4-6-7/h2-18,20-38,61H,1,19,60H2;2-6H,1H3/b6-2-,18-5-,54-38-,61-55?;. The van der Waals surface area contributed by atoms with E-state index >= 15 is 0 Å². The third-order valence-electron chi connectivity index (χ3n) is 13.8. The average Bonchev–Trinajstić information content (AvgIpc) is 3.69. The summed E-state index contributed by atoms with van der Waals surface area (Å²) in [5.74, 6) is 0. The molecule has 1 heterocycles. The minimum atomic E-state index is -0.672. The molecule has 330 valence electrons. The molecule has 0 bridgehead atoms. The van der Waals surface area contributed by atoms with Crippen LogP contribution in [0.15, 0.2) is 255 Å². The second-order valence-corrected chi connectivity index (χ2v) is 17.9. The van der Waals surface area contributed by atoms with Crippen LogP contribution in [0.2, 0.25) is 0 Å². The third kappa shape index (κ3) is 7.55. The molecule has 0 amide bonds. The summed E-state index contributed by atoms with van der Waals surface area (Å²) in [5, 5.41) is 9.75. The van der Waals surface area contributed by atoms with Crippen LogP contribution in [0.3, 0.4) is 0 Å². The van der Waals surface area contributed by atoms with E-state index in [9.17, 15) is 5.41 Å². The first kappa shape index (κ1) is 42.8. The summed E-state index contributed by atoms with van der Waals surface area (Å²) in [7, 11) is 0. The molecule has 0 saturated heterocycles. The van der Waals surface area contributed by atoms with E-state index in [0.29, 0.717) is 11.4 Å². The maximum absolute atomic E-state index is 9.75. The van der Waals surface area contributed by atoms with Gasteiger partial charge in [0.15, 0.2) is 0 Å². The molecule has 0 saturated carbocycles. The summed E-state index contributed by atoms with van der Waals surface area (Å²) < 4.78 is 0. The molecule has 3 nitrogen and oxygen atoms in total. The summed E-state index contributed by atoms with van der Waals surface area (Å²) in [5.41, 5.74) is 28.4. The van der Waals surface area contributed by atoms with Crippen molar-refractivity contribution < 1.29 is 0 Å². The highest BCUT2D eigenvalue weighted by Crippen LogP contribution is 2.64. The number of rotatable bonds is 5.